The monoisotopic (exact) mass is 248 g/mol. The summed E-state index contributed by atoms with van der Waals surface area (Å²) < 4.78 is 10.4. The van der Waals surface area contributed by atoms with E-state index < -0.39 is 0 Å². The summed E-state index contributed by atoms with van der Waals surface area (Å²) >= 11 is 0. The molecule has 0 atom stereocenters. The van der Waals surface area contributed by atoms with Crippen molar-refractivity contribution < 1.29 is 8.98 Å². The highest BCUT2D eigenvalue weighted by atomic mass is 16.4. The fraction of sp³-hybridized carbons (Fsp3) is 0.0667. The normalized spacial score (nSPS) is 13.1. The molecule has 0 bridgehead atoms. The number of oxazole rings is 1. The van der Waals surface area contributed by atoms with Gasteiger partial charge in [0.15, 0.2) is 12.2 Å². The van der Waals surface area contributed by atoms with Crippen LogP contribution in [0, 0.1) is 0 Å². The van der Waals surface area contributed by atoms with Crippen LogP contribution in [-0.2, 0) is 6.54 Å². The first-order valence-corrected chi connectivity index (χ1v) is 6.28. The van der Waals surface area contributed by atoms with Crippen LogP contribution in [0.4, 0.5) is 0 Å². The average molecular weight is 248 g/mol. The van der Waals surface area contributed by atoms with Crippen LogP contribution >= 0.6 is 0 Å². The predicted octanol–water partition coefficient (Wildman–Crippen LogP) is 2.40. The third-order valence-electron chi connectivity index (χ3n) is 3.77. The van der Waals surface area contributed by atoms with Crippen molar-refractivity contribution in [2.75, 3.05) is 0 Å². The van der Waals surface area contributed by atoms with Crippen LogP contribution in [0.15, 0.2) is 53.3 Å². The minimum Gasteiger partial charge on any atom is -0.394 e. The molecule has 0 unspecified atom stereocenters. The molecule has 4 aromatic heterocycles. The Labute approximate surface area is 108 Å². The van der Waals surface area contributed by atoms with E-state index in [9.17, 15) is 0 Å². The first-order valence-electron chi connectivity index (χ1n) is 6.28. The largest absolute Gasteiger partial charge is 0.401 e. The van der Waals surface area contributed by atoms with Crippen LogP contribution in [-0.4, -0.2) is 9.38 Å². The van der Waals surface area contributed by atoms with Gasteiger partial charge in [0.1, 0.15) is 0 Å². The second kappa shape index (κ2) is 3.03. The van der Waals surface area contributed by atoms with Gasteiger partial charge in [0, 0.05) is 12.4 Å². The van der Waals surface area contributed by atoms with Gasteiger partial charge >= 0.3 is 5.89 Å². The Morgan fingerprint density at radius 3 is 3.21 bits per heavy atom. The van der Waals surface area contributed by atoms with Crippen LogP contribution in [0.1, 0.15) is 5.56 Å². The van der Waals surface area contributed by atoms with Crippen LogP contribution in [0.3, 0.4) is 0 Å². The topological polar surface area (TPSA) is 34.3 Å². The number of nitrogens with zero attached hydrogens (tertiary/aromatic N) is 3. The maximum atomic E-state index is 6.07. The molecule has 4 aromatic rings. The average Bonchev–Trinajstić information content (AvgIpc) is 3.07. The third-order valence-corrected chi connectivity index (χ3v) is 3.77. The van der Waals surface area contributed by atoms with E-state index in [1.807, 2.05) is 30.6 Å². The summed E-state index contributed by atoms with van der Waals surface area (Å²) in [6.45, 7) is 0.836. The summed E-state index contributed by atoms with van der Waals surface area (Å²) in [6.07, 6.45) is 5.97. The molecule has 0 amide bonds. The second-order valence-electron chi connectivity index (χ2n) is 4.84. The molecular formula is C15H10N3O+. The van der Waals surface area contributed by atoms with Gasteiger partial charge in [-0.1, -0.05) is 6.07 Å². The summed E-state index contributed by atoms with van der Waals surface area (Å²) in [5.41, 5.74) is 5.34. The first kappa shape index (κ1) is 9.33. The van der Waals surface area contributed by atoms with Crippen molar-refractivity contribution >= 4 is 16.6 Å². The molecule has 0 spiro atoms. The maximum absolute atomic E-state index is 6.07. The number of aromatic nitrogens is 3. The molecule has 0 saturated carbocycles. The summed E-state index contributed by atoms with van der Waals surface area (Å²) in [5.74, 6) is 0.868. The van der Waals surface area contributed by atoms with Gasteiger partial charge in [0.05, 0.1) is 17.3 Å². The van der Waals surface area contributed by atoms with Crippen molar-refractivity contribution in [2.24, 2.45) is 0 Å². The molecule has 1 aliphatic heterocycles. The van der Waals surface area contributed by atoms with E-state index in [0.717, 1.165) is 34.7 Å². The molecule has 0 aliphatic carbocycles. The van der Waals surface area contributed by atoms with Crippen molar-refractivity contribution in [3.05, 3.63) is 54.5 Å². The van der Waals surface area contributed by atoms with Crippen LogP contribution < -0.4 is 4.57 Å². The number of pyridine rings is 2. The third kappa shape index (κ3) is 1.04. The molecule has 4 nitrogen and oxygen atoms in total. The molecule has 90 valence electrons. The SMILES string of the molecule is c1cnc2c(c1)C[n+]1c-2oc2c3ccccn3cc21. The van der Waals surface area contributed by atoms with Crippen molar-refractivity contribution in [3.8, 4) is 11.6 Å². The molecule has 0 fully saturated rings. The molecule has 4 heteroatoms. The molecule has 5 rings (SSSR count). The van der Waals surface area contributed by atoms with E-state index >= 15 is 0 Å². The molecular weight excluding hydrogens is 238 g/mol. The minimum atomic E-state index is 0.836. The fourth-order valence-electron chi connectivity index (χ4n) is 2.90. The highest BCUT2D eigenvalue weighted by Crippen LogP contribution is 2.31. The van der Waals surface area contributed by atoms with Gasteiger partial charge in [-0.05, 0) is 24.3 Å². The van der Waals surface area contributed by atoms with E-state index in [2.05, 4.69) is 32.3 Å². The lowest BCUT2D eigenvalue weighted by molar-refractivity contribution is -0.649. The zero-order valence-electron chi connectivity index (χ0n) is 10.1. The van der Waals surface area contributed by atoms with Gasteiger partial charge in [-0.15, -0.1) is 4.57 Å². The Bertz CT molecular complexity index is 949. The van der Waals surface area contributed by atoms with Gasteiger partial charge in [0.25, 0.3) is 5.52 Å². The van der Waals surface area contributed by atoms with Gasteiger partial charge in [-0.25, -0.2) is 4.98 Å². The second-order valence-corrected chi connectivity index (χ2v) is 4.84. The first-order chi connectivity index (χ1) is 9.42. The van der Waals surface area contributed by atoms with Crippen molar-refractivity contribution in [3.63, 3.8) is 0 Å². The van der Waals surface area contributed by atoms with E-state index in [-0.39, 0.29) is 0 Å². The lowest BCUT2D eigenvalue weighted by atomic mass is 10.2. The zero-order valence-corrected chi connectivity index (χ0v) is 10.1. The Kier molecular flexibility index (Phi) is 1.49. The maximum Gasteiger partial charge on any atom is 0.401 e. The quantitative estimate of drug-likeness (QED) is 0.394. The van der Waals surface area contributed by atoms with Crippen molar-refractivity contribution in [1.29, 1.82) is 0 Å². The molecule has 5 heterocycles. The molecule has 0 radical (unpaired) electrons. The van der Waals surface area contributed by atoms with E-state index in [0.29, 0.717) is 0 Å². The highest BCUT2D eigenvalue weighted by molar-refractivity contribution is 5.89. The molecule has 19 heavy (non-hydrogen) atoms. The summed E-state index contributed by atoms with van der Waals surface area (Å²) in [5, 5.41) is 0. The number of fused-ring (bicyclic) bond motifs is 7. The van der Waals surface area contributed by atoms with Crippen LogP contribution in [0.2, 0.25) is 0 Å². The molecule has 0 N–H and O–H groups in total. The van der Waals surface area contributed by atoms with Gasteiger partial charge < -0.3 is 8.82 Å². The van der Waals surface area contributed by atoms with E-state index in [4.69, 9.17) is 4.42 Å². The van der Waals surface area contributed by atoms with Gasteiger partial charge in [0.2, 0.25) is 5.58 Å². The van der Waals surface area contributed by atoms with E-state index in [1.54, 1.807) is 0 Å². The standard InChI is InChI=1S/C15H10N3O/c1-2-7-17-9-12-14(11(17)5-1)19-15-13-10(8-18(12)15)4-3-6-16-13/h1-7,9H,8H2/q+1. The predicted molar refractivity (Wildman–Crippen MR) is 69.7 cm³/mol. The van der Waals surface area contributed by atoms with Gasteiger partial charge in [-0.2, -0.15) is 0 Å². The molecule has 0 saturated heterocycles. The Morgan fingerprint density at radius 2 is 2.21 bits per heavy atom. The lowest BCUT2D eigenvalue weighted by Gasteiger charge is -1.90. The molecule has 1 aliphatic rings. The van der Waals surface area contributed by atoms with Crippen LogP contribution in [0.25, 0.3) is 28.2 Å². The molecule has 0 aromatic carbocycles. The number of hydrogen-bond acceptors (Lipinski definition) is 2. The van der Waals surface area contributed by atoms with Crippen molar-refractivity contribution in [1.82, 2.24) is 9.38 Å². The summed E-state index contributed by atoms with van der Waals surface area (Å²) in [4.78, 5) is 4.43. The smallest absolute Gasteiger partial charge is 0.394 e. The Hall–Kier alpha value is -2.62. The lowest BCUT2D eigenvalue weighted by Crippen LogP contribution is -2.30. The van der Waals surface area contributed by atoms with E-state index in [1.165, 1.54) is 5.56 Å². The number of hydrogen-bond donors (Lipinski definition) is 0. The summed E-state index contributed by atoms with van der Waals surface area (Å²) in [6, 6.07) is 10.2. The summed E-state index contributed by atoms with van der Waals surface area (Å²) in [7, 11) is 0. The fourth-order valence-corrected chi connectivity index (χ4v) is 2.90. The van der Waals surface area contributed by atoms with Crippen LogP contribution in [0.5, 0.6) is 0 Å². The zero-order chi connectivity index (χ0) is 12.4. The number of rotatable bonds is 0. The minimum absolute atomic E-state index is 0.836. The van der Waals surface area contributed by atoms with Gasteiger partial charge in [-0.3, -0.25) is 0 Å². The Morgan fingerprint density at radius 1 is 1.21 bits per heavy atom. The Balaban J connectivity index is 1.93. The van der Waals surface area contributed by atoms with Crippen molar-refractivity contribution in [2.45, 2.75) is 6.54 Å². The highest BCUT2D eigenvalue weighted by Gasteiger charge is 2.36.